The Labute approximate surface area is 128 Å². The predicted molar refractivity (Wildman–Crippen MR) is 73.0 cm³/mol. The van der Waals surface area contributed by atoms with Crippen LogP contribution in [-0.4, -0.2) is 29.1 Å². The van der Waals surface area contributed by atoms with Crippen LogP contribution in [-0.2, 0) is 0 Å². The van der Waals surface area contributed by atoms with Gasteiger partial charge in [-0.1, -0.05) is 42.1 Å². The third kappa shape index (κ3) is 6.29. The maximum absolute atomic E-state index is 13.4. The molecule has 0 heterocycles. The summed E-state index contributed by atoms with van der Waals surface area (Å²) in [5, 5.41) is -0.408. The van der Waals surface area contributed by atoms with Gasteiger partial charge >= 0.3 is 12.3 Å². The van der Waals surface area contributed by atoms with E-state index in [-0.39, 0.29) is 5.75 Å². The van der Waals surface area contributed by atoms with Crippen LogP contribution < -0.4 is 0 Å². The minimum atomic E-state index is -4.42. The van der Waals surface area contributed by atoms with Crippen molar-refractivity contribution in [2.24, 2.45) is 0 Å². The molecule has 0 aromatic heterocycles. The highest BCUT2D eigenvalue weighted by Crippen LogP contribution is 2.34. The predicted octanol–water partition coefficient (Wildman–Crippen LogP) is 5.27. The van der Waals surface area contributed by atoms with E-state index in [1.807, 2.05) is 0 Å². The van der Waals surface area contributed by atoms with E-state index in [1.165, 1.54) is 12.1 Å². The fraction of sp³-hybridized carbons (Fsp3) is 0.500. The Morgan fingerprint density at radius 3 is 2.14 bits per heavy atom. The zero-order valence-corrected chi connectivity index (χ0v) is 12.2. The number of carbonyl (C=O) groups excluding carboxylic acids is 1. The van der Waals surface area contributed by atoms with Crippen molar-refractivity contribution in [2.75, 3.05) is 5.75 Å². The van der Waals surface area contributed by atoms with E-state index < -0.39 is 42.6 Å². The maximum atomic E-state index is 13.4. The van der Waals surface area contributed by atoms with Gasteiger partial charge in [0.15, 0.2) is 0 Å². The van der Waals surface area contributed by atoms with E-state index in [4.69, 9.17) is 0 Å². The number of alkyl halides is 6. The average molecular weight is 344 g/mol. The van der Waals surface area contributed by atoms with Crippen LogP contribution in [0.4, 0.5) is 26.3 Å². The highest BCUT2D eigenvalue weighted by atomic mass is 32.2. The number of hydrogen-bond donors (Lipinski definition) is 0. The minimum absolute atomic E-state index is 0.277. The summed E-state index contributed by atoms with van der Waals surface area (Å²) in [6, 6.07) is 7.98. The molecule has 0 unspecified atom stereocenters. The summed E-state index contributed by atoms with van der Waals surface area (Å²) in [6.07, 6.45) is -7.72. The monoisotopic (exact) mass is 344 g/mol. The van der Waals surface area contributed by atoms with Crippen molar-refractivity contribution in [1.82, 2.24) is 0 Å². The van der Waals surface area contributed by atoms with Crippen LogP contribution in [0.1, 0.15) is 29.6 Å². The molecule has 0 aliphatic carbocycles. The van der Waals surface area contributed by atoms with Crippen LogP contribution >= 0.6 is 11.8 Å². The lowest BCUT2D eigenvalue weighted by Gasteiger charge is -2.20. The van der Waals surface area contributed by atoms with Crippen molar-refractivity contribution in [3.05, 3.63) is 35.9 Å². The van der Waals surface area contributed by atoms with Crippen LogP contribution in [0.2, 0.25) is 0 Å². The third-order valence-corrected chi connectivity index (χ3v) is 3.76. The van der Waals surface area contributed by atoms with Gasteiger partial charge in [0.2, 0.25) is 11.0 Å². The van der Waals surface area contributed by atoms with Crippen LogP contribution in [0.15, 0.2) is 30.3 Å². The quantitative estimate of drug-likeness (QED) is 0.598. The van der Waals surface area contributed by atoms with Gasteiger partial charge in [-0.3, -0.25) is 4.79 Å². The van der Waals surface area contributed by atoms with Crippen LogP contribution in [0.25, 0.3) is 0 Å². The number of carbonyl (C=O) groups is 1. The lowest BCUT2D eigenvalue weighted by molar-refractivity contribution is -0.146. The molecule has 0 atom stereocenters. The first kappa shape index (κ1) is 18.9. The second kappa shape index (κ2) is 7.89. The van der Waals surface area contributed by atoms with Gasteiger partial charge in [-0.25, -0.2) is 26.3 Å². The number of benzene rings is 1. The first-order valence-corrected chi connectivity index (χ1v) is 7.38. The molecule has 0 aliphatic heterocycles. The van der Waals surface area contributed by atoms with Crippen LogP contribution in [0.5, 0.6) is 0 Å². The van der Waals surface area contributed by atoms with Gasteiger partial charge in [0, 0.05) is 30.6 Å². The van der Waals surface area contributed by atoms with E-state index in [1.54, 1.807) is 18.2 Å². The Morgan fingerprint density at radius 1 is 1.00 bits per heavy atom. The molecular weight excluding hydrogens is 330 g/mol. The lowest BCUT2D eigenvalue weighted by atomic mass is 10.1. The molecule has 0 radical (unpaired) electrons. The number of rotatable bonds is 8. The molecule has 1 nitrogen and oxygen atoms in total. The number of thioether (sulfide) groups is 1. The Hall–Kier alpha value is -1.18. The van der Waals surface area contributed by atoms with E-state index in [0.29, 0.717) is 17.3 Å². The summed E-state index contributed by atoms with van der Waals surface area (Å²) in [6.45, 7) is 0. The first-order valence-electron chi connectivity index (χ1n) is 6.40. The zero-order valence-electron chi connectivity index (χ0n) is 11.4. The molecule has 1 aromatic rings. The zero-order chi connectivity index (χ0) is 16.8. The summed E-state index contributed by atoms with van der Waals surface area (Å²) in [4.78, 5) is 11.6. The normalized spacial score (nSPS) is 12.7. The molecule has 0 aliphatic rings. The summed E-state index contributed by atoms with van der Waals surface area (Å²) in [5.41, 5.74) is 0.347. The Kier molecular flexibility index (Phi) is 6.77. The fourth-order valence-corrected chi connectivity index (χ4v) is 2.42. The topological polar surface area (TPSA) is 17.1 Å². The first-order chi connectivity index (χ1) is 10.1. The second-order valence-electron chi connectivity index (χ2n) is 4.67. The van der Waals surface area contributed by atoms with Crippen molar-refractivity contribution in [1.29, 1.82) is 0 Å². The van der Waals surface area contributed by atoms with Gasteiger partial charge in [0.25, 0.3) is 0 Å². The van der Waals surface area contributed by atoms with Gasteiger partial charge in [-0.15, -0.1) is 0 Å². The van der Waals surface area contributed by atoms with E-state index in [9.17, 15) is 31.1 Å². The standard InChI is InChI=1S/C14H14F6OS/c15-12(16)14(19,20)7-6-13(17,18)8-9-22-11(21)10-4-2-1-3-5-10/h1-5,12H,6-9H2. The number of hydrogen-bond acceptors (Lipinski definition) is 2. The van der Waals surface area contributed by atoms with Gasteiger partial charge in [0.05, 0.1) is 0 Å². The lowest BCUT2D eigenvalue weighted by Crippen LogP contribution is -2.30. The van der Waals surface area contributed by atoms with Crippen molar-refractivity contribution < 1.29 is 31.1 Å². The van der Waals surface area contributed by atoms with E-state index in [0.717, 1.165) is 0 Å². The molecule has 0 bridgehead atoms. The smallest absolute Gasteiger partial charge is 0.282 e. The second-order valence-corrected chi connectivity index (χ2v) is 5.74. The SMILES string of the molecule is O=C(SCCC(F)(F)CCC(F)(F)C(F)F)c1ccccc1. The molecular formula is C14H14F6OS. The van der Waals surface area contributed by atoms with Gasteiger partial charge in [-0.2, -0.15) is 0 Å². The third-order valence-electron chi connectivity index (χ3n) is 2.85. The van der Waals surface area contributed by atoms with E-state index in [2.05, 4.69) is 0 Å². The molecule has 0 saturated carbocycles. The van der Waals surface area contributed by atoms with Crippen LogP contribution in [0, 0.1) is 0 Å². The van der Waals surface area contributed by atoms with Gasteiger partial charge < -0.3 is 0 Å². The molecule has 1 aromatic carbocycles. The van der Waals surface area contributed by atoms with Gasteiger partial charge in [-0.05, 0) is 0 Å². The Balaban J connectivity index is 2.38. The summed E-state index contributed by atoms with van der Waals surface area (Å²) >= 11 is 0.641. The molecule has 1 rings (SSSR count). The Bertz CT molecular complexity index is 477. The van der Waals surface area contributed by atoms with E-state index >= 15 is 0 Å². The van der Waals surface area contributed by atoms with Crippen LogP contribution in [0.3, 0.4) is 0 Å². The Morgan fingerprint density at radius 2 is 1.59 bits per heavy atom. The highest BCUT2D eigenvalue weighted by Gasteiger charge is 2.43. The van der Waals surface area contributed by atoms with Crippen molar-refractivity contribution in [3.63, 3.8) is 0 Å². The summed E-state index contributed by atoms with van der Waals surface area (Å²) < 4.78 is 75.7. The molecule has 0 amide bonds. The van der Waals surface area contributed by atoms with Gasteiger partial charge in [0.1, 0.15) is 0 Å². The van der Waals surface area contributed by atoms with Crippen molar-refractivity contribution in [3.8, 4) is 0 Å². The van der Waals surface area contributed by atoms with Crippen molar-refractivity contribution in [2.45, 2.75) is 37.5 Å². The minimum Gasteiger partial charge on any atom is -0.282 e. The molecule has 8 heteroatoms. The molecule has 124 valence electrons. The summed E-state index contributed by atoms with van der Waals surface area (Å²) in [5.74, 6) is -8.21. The molecule has 22 heavy (non-hydrogen) atoms. The molecule has 0 saturated heterocycles. The highest BCUT2D eigenvalue weighted by molar-refractivity contribution is 8.14. The molecule has 0 fully saturated rings. The van der Waals surface area contributed by atoms with Crippen molar-refractivity contribution >= 4 is 16.9 Å². The largest absolute Gasteiger partial charge is 0.307 e. The number of halogens is 6. The molecule has 0 spiro atoms. The fourth-order valence-electron chi connectivity index (χ4n) is 1.53. The molecule has 0 N–H and O–H groups in total. The average Bonchev–Trinajstić information content (AvgIpc) is 2.46. The summed E-state index contributed by atoms with van der Waals surface area (Å²) in [7, 11) is 0. The maximum Gasteiger partial charge on any atom is 0.307 e.